The first-order chi connectivity index (χ1) is 9.99. The SMILES string of the molecule is COc1ccc(CC(=O)Nc2ccc(C)c(C)c2)cc1C. The zero-order valence-corrected chi connectivity index (χ0v) is 13.0. The number of rotatable bonds is 4. The Morgan fingerprint density at radius 2 is 1.76 bits per heavy atom. The van der Waals surface area contributed by atoms with Gasteiger partial charge in [0.1, 0.15) is 5.75 Å². The number of hydrogen-bond donors (Lipinski definition) is 1. The fourth-order valence-corrected chi connectivity index (χ4v) is 2.26. The van der Waals surface area contributed by atoms with Gasteiger partial charge in [0.05, 0.1) is 13.5 Å². The lowest BCUT2D eigenvalue weighted by Crippen LogP contribution is -2.14. The van der Waals surface area contributed by atoms with Gasteiger partial charge in [0, 0.05) is 5.69 Å². The highest BCUT2D eigenvalue weighted by molar-refractivity contribution is 5.92. The normalized spacial score (nSPS) is 10.3. The van der Waals surface area contributed by atoms with Crippen LogP contribution >= 0.6 is 0 Å². The topological polar surface area (TPSA) is 38.3 Å². The van der Waals surface area contributed by atoms with Crippen molar-refractivity contribution >= 4 is 11.6 Å². The molecule has 3 nitrogen and oxygen atoms in total. The van der Waals surface area contributed by atoms with E-state index in [0.717, 1.165) is 22.6 Å². The van der Waals surface area contributed by atoms with E-state index in [-0.39, 0.29) is 5.91 Å². The van der Waals surface area contributed by atoms with Crippen molar-refractivity contribution in [2.45, 2.75) is 27.2 Å². The summed E-state index contributed by atoms with van der Waals surface area (Å²) in [5, 5.41) is 2.94. The van der Waals surface area contributed by atoms with Crippen LogP contribution in [0.3, 0.4) is 0 Å². The van der Waals surface area contributed by atoms with Crippen molar-refractivity contribution in [3.8, 4) is 5.75 Å². The zero-order chi connectivity index (χ0) is 15.4. The van der Waals surface area contributed by atoms with Gasteiger partial charge in [0.2, 0.25) is 5.91 Å². The Morgan fingerprint density at radius 1 is 1.00 bits per heavy atom. The predicted molar refractivity (Wildman–Crippen MR) is 86.0 cm³/mol. The Hall–Kier alpha value is -2.29. The minimum Gasteiger partial charge on any atom is -0.496 e. The maximum absolute atomic E-state index is 12.1. The molecule has 0 aliphatic rings. The molecule has 0 radical (unpaired) electrons. The van der Waals surface area contributed by atoms with Crippen LogP contribution in [0, 0.1) is 20.8 Å². The number of nitrogens with one attached hydrogen (secondary N) is 1. The highest BCUT2D eigenvalue weighted by Gasteiger charge is 2.07. The van der Waals surface area contributed by atoms with Crippen molar-refractivity contribution in [2.24, 2.45) is 0 Å². The lowest BCUT2D eigenvalue weighted by Gasteiger charge is -2.09. The van der Waals surface area contributed by atoms with Crippen molar-refractivity contribution in [3.63, 3.8) is 0 Å². The van der Waals surface area contributed by atoms with Crippen LogP contribution in [0.5, 0.6) is 5.75 Å². The number of amides is 1. The molecule has 0 unspecified atom stereocenters. The van der Waals surface area contributed by atoms with Gasteiger partial charge in [-0.2, -0.15) is 0 Å². The quantitative estimate of drug-likeness (QED) is 0.926. The van der Waals surface area contributed by atoms with Crippen molar-refractivity contribution in [1.82, 2.24) is 0 Å². The first-order valence-corrected chi connectivity index (χ1v) is 7.00. The summed E-state index contributed by atoms with van der Waals surface area (Å²) in [6.45, 7) is 6.07. The molecule has 0 bridgehead atoms. The third kappa shape index (κ3) is 3.85. The van der Waals surface area contributed by atoms with E-state index in [0.29, 0.717) is 6.42 Å². The maximum atomic E-state index is 12.1. The summed E-state index contributed by atoms with van der Waals surface area (Å²) >= 11 is 0. The van der Waals surface area contributed by atoms with Gasteiger partial charge in [-0.3, -0.25) is 4.79 Å². The lowest BCUT2D eigenvalue weighted by molar-refractivity contribution is -0.115. The number of hydrogen-bond acceptors (Lipinski definition) is 2. The van der Waals surface area contributed by atoms with Gasteiger partial charge in [-0.15, -0.1) is 0 Å². The third-order valence-electron chi connectivity index (χ3n) is 3.61. The molecule has 0 saturated carbocycles. The predicted octanol–water partition coefficient (Wildman–Crippen LogP) is 3.80. The fourth-order valence-electron chi connectivity index (χ4n) is 2.26. The number of benzene rings is 2. The van der Waals surface area contributed by atoms with Crippen LogP contribution in [0.4, 0.5) is 5.69 Å². The monoisotopic (exact) mass is 283 g/mol. The van der Waals surface area contributed by atoms with E-state index in [1.807, 2.05) is 50.2 Å². The standard InChI is InChI=1S/C18H21NO2/c1-12-5-7-16(10-13(12)2)19-18(20)11-15-6-8-17(21-4)14(3)9-15/h5-10H,11H2,1-4H3,(H,19,20). The maximum Gasteiger partial charge on any atom is 0.228 e. The van der Waals surface area contributed by atoms with Crippen molar-refractivity contribution < 1.29 is 9.53 Å². The van der Waals surface area contributed by atoms with E-state index in [1.165, 1.54) is 11.1 Å². The highest BCUT2D eigenvalue weighted by atomic mass is 16.5. The van der Waals surface area contributed by atoms with E-state index < -0.39 is 0 Å². The zero-order valence-electron chi connectivity index (χ0n) is 13.0. The summed E-state index contributed by atoms with van der Waals surface area (Å²) in [5.74, 6) is 0.830. The molecule has 1 N–H and O–H groups in total. The molecule has 0 heterocycles. The van der Waals surface area contributed by atoms with Crippen LogP contribution in [-0.4, -0.2) is 13.0 Å². The average molecular weight is 283 g/mol. The minimum absolute atomic E-state index is 0.0113. The number of anilines is 1. The number of ether oxygens (including phenoxy) is 1. The van der Waals surface area contributed by atoms with Crippen molar-refractivity contribution in [2.75, 3.05) is 12.4 Å². The summed E-state index contributed by atoms with van der Waals surface area (Å²) in [7, 11) is 1.65. The Balaban J connectivity index is 2.04. The van der Waals surface area contributed by atoms with Crippen LogP contribution in [0.1, 0.15) is 22.3 Å². The molecule has 0 saturated heterocycles. The molecule has 0 aromatic heterocycles. The molecule has 2 aromatic carbocycles. The molecule has 0 aliphatic heterocycles. The summed E-state index contributed by atoms with van der Waals surface area (Å²) in [6.07, 6.45) is 0.359. The molecular weight excluding hydrogens is 262 g/mol. The second kappa shape index (κ2) is 6.44. The summed E-state index contributed by atoms with van der Waals surface area (Å²) in [4.78, 5) is 12.1. The largest absolute Gasteiger partial charge is 0.496 e. The van der Waals surface area contributed by atoms with Gasteiger partial charge in [0.25, 0.3) is 0 Å². The Kier molecular flexibility index (Phi) is 4.63. The molecule has 0 aliphatic carbocycles. The first-order valence-electron chi connectivity index (χ1n) is 7.00. The second-order valence-electron chi connectivity index (χ2n) is 5.33. The molecule has 0 spiro atoms. The molecule has 2 aromatic rings. The molecular formula is C18H21NO2. The molecule has 1 amide bonds. The van der Waals surface area contributed by atoms with Crippen molar-refractivity contribution in [3.05, 3.63) is 58.7 Å². The van der Waals surface area contributed by atoms with E-state index in [9.17, 15) is 4.79 Å². The van der Waals surface area contributed by atoms with E-state index in [1.54, 1.807) is 7.11 Å². The fraction of sp³-hybridized carbons (Fsp3) is 0.278. The van der Waals surface area contributed by atoms with Gasteiger partial charge in [-0.1, -0.05) is 18.2 Å². The van der Waals surface area contributed by atoms with Gasteiger partial charge in [-0.05, 0) is 61.2 Å². The Bertz CT molecular complexity index is 662. The van der Waals surface area contributed by atoms with Crippen LogP contribution in [-0.2, 0) is 11.2 Å². The highest BCUT2D eigenvalue weighted by Crippen LogP contribution is 2.19. The van der Waals surface area contributed by atoms with Crippen molar-refractivity contribution in [1.29, 1.82) is 0 Å². The van der Waals surface area contributed by atoms with Gasteiger partial charge in [0.15, 0.2) is 0 Å². The van der Waals surface area contributed by atoms with Gasteiger partial charge in [-0.25, -0.2) is 0 Å². The summed E-state index contributed by atoms with van der Waals surface area (Å²) in [6, 6.07) is 11.7. The second-order valence-corrected chi connectivity index (χ2v) is 5.33. The van der Waals surface area contributed by atoms with E-state index in [4.69, 9.17) is 4.74 Å². The Morgan fingerprint density at radius 3 is 2.38 bits per heavy atom. The molecule has 0 atom stereocenters. The van der Waals surface area contributed by atoms with E-state index >= 15 is 0 Å². The number of aryl methyl sites for hydroxylation is 3. The molecule has 110 valence electrons. The van der Waals surface area contributed by atoms with Crippen LogP contribution < -0.4 is 10.1 Å². The molecule has 0 fully saturated rings. The Labute approximate surface area is 126 Å². The molecule has 21 heavy (non-hydrogen) atoms. The summed E-state index contributed by atoms with van der Waals surface area (Å²) in [5.41, 5.74) is 5.25. The first kappa shape index (κ1) is 15.1. The minimum atomic E-state index is -0.0113. The average Bonchev–Trinajstić information content (AvgIpc) is 2.43. The molecule has 2 rings (SSSR count). The van der Waals surface area contributed by atoms with E-state index in [2.05, 4.69) is 12.2 Å². The molecule has 3 heteroatoms. The third-order valence-corrected chi connectivity index (χ3v) is 3.61. The van der Waals surface area contributed by atoms with Crippen LogP contribution in [0.25, 0.3) is 0 Å². The van der Waals surface area contributed by atoms with Crippen LogP contribution in [0.15, 0.2) is 36.4 Å². The van der Waals surface area contributed by atoms with Gasteiger partial charge < -0.3 is 10.1 Å². The number of carbonyl (C=O) groups is 1. The lowest BCUT2D eigenvalue weighted by atomic mass is 10.1. The number of carbonyl (C=O) groups excluding carboxylic acids is 1. The summed E-state index contributed by atoms with van der Waals surface area (Å²) < 4.78 is 5.22. The van der Waals surface area contributed by atoms with Crippen LogP contribution in [0.2, 0.25) is 0 Å². The smallest absolute Gasteiger partial charge is 0.228 e. The number of methoxy groups -OCH3 is 1. The van der Waals surface area contributed by atoms with Gasteiger partial charge >= 0.3 is 0 Å².